The number of carbonyl (C=O) groups excluding carboxylic acids is 1. The van der Waals surface area contributed by atoms with E-state index in [9.17, 15) is 4.79 Å². The highest BCUT2D eigenvalue weighted by atomic mass is 16.5. The molecule has 0 aliphatic rings. The van der Waals surface area contributed by atoms with Crippen LogP contribution in [0, 0.1) is 5.92 Å². The van der Waals surface area contributed by atoms with Crippen molar-refractivity contribution in [1.29, 1.82) is 0 Å². The highest BCUT2D eigenvalue weighted by molar-refractivity contribution is 5.71. The highest BCUT2D eigenvalue weighted by Crippen LogP contribution is 2.14. The van der Waals surface area contributed by atoms with Gasteiger partial charge >= 0.3 is 5.97 Å². The van der Waals surface area contributed by atoms with Gasteiger partial charge in [0.15, 0.2) is 0 Å². The van der Waals surface area contributed by atoms with Crippen LogP contribution >= 0.6 is 0 Å². The topological polar surface area (TPSA) is 26.3 Å². The molecule has 0 rings (SSSR count). The summed E-state index contributed by atoms with van der Waals surface area (Å²) in [5.74, 6) is 0.00923. The molecule has 0 aromatic rings. The summed E-state index contributed by atoms with van der Waals surface area (Å²) in [6.45, 7) is 4.22. The largest absolute Gasteiger partial charge is 0.469 e. The number of unbranched alkanes of at least 4 members (excludes halogenated alkanes) is 9. The van der Waals surface area contributed by atoms with E-state index in [0.29, 0.717) is 0 Å². The van der Waals surface area contributed by atoms with Crippen LogP contribution in [0.3, 0.4) is 0 Å². The Morgan fingerprint density at radius 2 is 1.33 bits per heavy atom. The molecule has 0 amide bonds. The van der Waals surface area contributed by atoms with Crippen LogP contribution < -0.4 is 0 Å². The van der Waals surface area contributed by atoms with E-state index < -0.39 is 0 Å². The number of hydrogen-bond acceptors (Lipinski definition) is 2. The summed E-state index contributed by atoms with van der Waals surface area (Å²) in [5, 5.41) is 0. The molecule has 0 saturated carbocycles. The lowest BCUT2D eigenvalue weighted by Crippen LogP contribution is -2.12. The zero-order chi connectivity index (χ0) is 13.6. The van der Waals surface area contributed by atoms with E-state index in [2.05, 4.69) is 6.92 Å². The van der Waals surface area contributed by atoms with Crippen molar-refractivity contribution < 1.29 is 9.53 Å². The number of rotatable bonds is 12. The summed E-state index contributed by atoms with van der Waals surface area (Å²) in [6.07, 6.45) is 14.4. The number of ether oxygens (including phenoxy) is 1. The minimum absolute atomic E-state index is 0.0640. The fraction of sp³-hybridized carbons (Fsp3) is 0.938. The number of carbonyl (C=O) groups is 1. The molecular formula is C16H32O2. The first-order valence-electron chi connectivity index (χ1n) is 7.80. The second kappa shape index (κ2) is 12.9. The molecule has 0 bridgehead atoms. The zero-order valence-electron chi connectivity index (χ0n) is 12.7. The maximum absolute atomic E-state index is 11.2. The van der Waals surface area contributed by atoms with E-state index in [1.165, 1.54) is 64.9 Å². The third-order valence-corrected chi connectivity index (χ3v) is 3.59. The Balaban J connectivity index is 3.14. The standard InChI is InChI=1S/C16H32O2/c1-4-5-6-7-8-9-10-11-12-13-14-15(2)16(17)18-3/h15H,4-14H2,1-3H3/t15-/m1/s1. The molecule has 1 atom stereocenters. The molecule has 0 aromatic carbocycles. The van der Waals surface area contributed by atoms with Crippen LogP contribution in [0.5, 0.6) is 0 Å². The Morgan fingerprint density at radius 1 is 0.889 bits per heavy atom. The molecule has 0 N–H and O–H groups in total. The Morgan fingerprint density at radius 3 is 1.78 bits per heavy atom. The van der Waals surface area contributed by atoms with Gasteiger partial charge in [0.1, 0.15) is 0 Å². The van der Waals surface area contributed by atoms with Gasteiger partial charge in [-0.3, -0.25) is 4.79 Å². The summed E-state index contributed by atoms with van der Waals surface area (Å²) >= 11 is 0. The van der Waals surface area contributed by atoms with Gasteiger partial charge in [-0.15, -0.1) is 0 Å². The minimum atomic E-state index is -0.0640. The lowest BCUT2D eigenvalue weighted by Gasteiger charge is -2.08. The number of esters is 1. The molecule has 0 aliphatic carbocycles. The highest BCUT2D eigenvalue weighted by Gasteiger charge is 2.11. The van der Waals surface area contributed by atoms with Gasteiger partial charge in [0.05, 0.1) is 13.0 Å². The van der Waals surface area contributed by atoms with Gasteiger partial charge in [-0.1, -0.05) is 78.1 Å². The van der Waals surface area contributed by atoms with Gasteiger partial charge < -0.3 is 4.74 Å². The molecule has 18 heavy (non-hydrogen) atoms. The van der Waals surface area contributed by atoms with Crippen LogP contribution in [0.25, 0.3) is 0 Å². The average molecular weight is 256 g/mol. The van der Waals surface area contributed by atoms with E-state index >= 15 is 0 Å². The Hall–Kier alpha value is -0.530. The van der Waals surface area contributed by atoms with E-state index in [1.807, 2.05) is 6.92 Å². The normalized spacial score (nSPS) is 12.4. The predicted molar refractivity (Wildman–Crippen MR) is 77.6 cm³/mol. The quantitative estimate of drug-likeness (QED) is 0.358. The van der Waals surface area contributed by atoms with Crippen LogP contribution in [0.4, 0.5) is 0 Å². The molecule has 0 unspecified atom stereocenters. The summed E-state index contributed by atoms with van der Waals surface area (Å²) in [4.78, 5) is 11.2. The van der Waals surface area contributed by atoms with Crippen molar-refractivity contribution in [3.05, 3.63) is 0 Å². The molecule has 0 aliphatic heterocycles. The summed E-state index contributed by atoms with van der Waals surface area (Å²) < 4.78 is 4.72. The van der Waals surface area contributed by atoms with Gasteiger partial charge in [0.25, 0.3) is 0 Å². The number of hydrogen-bond donors (Lipinski definition) is 0. The van der Waals surface area contributed by atoms with Crippen molar-refractivity contribution in [3.63, 3.8) is 0 Å². The summed E-state index contributed by atoms with van der Waals surface area (Å²) in [6, 6.07) is 0. The first kappa shape index (κ1) is 17.5. The molecule has 2 heteroatoms. The molecule has 0 saturated heterocycles. The van der Waals surface area contributed by atoms with Crippen LogP contribution in [0.2, 0.25) is 0 Å². The molecular weight excluding hydrogens is 224 g/mol. The molecule has 0 fully saturated rings. The predicted octanol–water partition coefficient (Wildman–Crippen LogP) is 5.11. The molecule has 0 radical (unpaired) electrons. The van der Waals surface area contributed by atoms with Crippen molar-refractivity contribution in [2.75, 3.05) is 7.11 Å². The van der Waals surface area contributed by atoms with Gasteiger partial charge in [0.2, 0.25) is 0 Å². The van der Waals surface area contributed by atoms with Crippen molar-refractivity contribution >= 4 is 5.97 Å². The lowest BCUT2D eigenvalue weighted by molar-refractivity contribution is -0.145. The zero-order valence-corrected chi connectivity index (χ0v) is 12.7. The summed E-state index contributed by atoms with van der Waals surface area (Å²) in [7, 11) is 1.47. The Bertz CT molecular complexity index is 190. The average Bonchev–Trinajstić information content (AvgIpc) is 2.39. The Kier molecular flexibility index (Phi) is 12.5. The monoisotopic (exact) mass is 256 g/mol. The summed E-state index contributed by atoms with van der Waals surface area (Å²) in [5.41, 5.74) is 0. The van der Waals surface area contributed by atoms with Gasteiger partial charge in [-0.2, -0.15) is 0 Å². The smallest absolute Gasteiger partial charge is 0.308 e. The second-order valence-corrected chi connectivity index (χ2v) is 5.39. The van der Waals surface area contributed by atoms with Crippen molar-refractivity contribution in [3.8, 4) is 0 Å². The van der Waals surface area contributed by atoms with E-state index in [4.69, 9.17) is 4.74 Å². The fourth-order valence-corrected chi connectivity index (χ4v) is 2.26. The third-order valence-electron chi connectivity index (χ3n) is 3.59. The third kappa shape index (κ3) is 10.6. The lowest BCUT2D eigenvalue weighted by atomic mass is 10.0. The van der Waals surface area contributed by atoms with Crippen molar-refractivity contribution in [2.45, 2.75) is 84.5 Å². The van der Waals surface area contributed by atoms with E-state index in [0.717, 1.165) is 12.8 Å². The van der Waals surface area contributed by atoms with Crippen LogP contribution in [0.1, 0.15) is 84.5 Å². The first-order valence-corrected chi connectivity index (χ1v) is 7.80. The molecule has 108 valence electrons. The van der Waals surface area contributed by atoms with E-state index in [1.54, 1.807) is 0 Å². The Labute approximate surface area is 113 Å². The van der Waals surface area contributed by atoms with Crippen molar-refractivity contribution in [1.82, 2.24) is 0 Å². The van der Waals surface area contributed by atoms with Gasteiger partial charge in [-0.05, 0) is 6.42 Å². The van der Waals surface area contributed by atoms with E-state index in [-0.39, 0.29) is 11.9 Å². The van der Waals surface area contributed by atoms with Crippen LogP contribution in [-0.2, 0) is 9.53 Å². The molecule has 0 aromatic heterocycles. The van der Waals surface area contributed by atoms with Crippen molar-refractivity contribution in [2.24, 2.45) is 5.92 Å². The maximum atomic E-state index is 11.2. The van der Waals surface area contributed by atoms with Gasteiger partial charge in [-0.25, -0.2) is 0 Å². The van der Waals surface area contributed by atoms with Crippen LogP contribution in [0.15, 0.2) is 0 Å². The number of methoxy groups -OCH3 is 1. The van der Waals surface area contributed by atoms with Gasteiger partial charge in [0, 0.05) is 0 Å². The molecule has 0 heterocycles. The fourth-order valence-electron chi connectivity index (χ4n) is 2.26. The SMILES string of the molecule is CCCCCCCCCCCC[C@@H](C)C(=O)OC. The molecule has 2 nitrogen and oxygen atoms in total. The maximum Gasteiger partial charge on any atom is 0.308 e. The second-order valence-electron chi connectivity index (χ2n) is 5.39. The van der Waals surface area contributed by atoms with Crippen LogP contribution in [-0.4, -0.2) is 13.1 Å². The molecule has 0 spiro atoms. The first-order chi connectivity index (χ1) is 8.72. The minimum Gasteiger partial charge on any atom is -0.469 e.